The number of hydrogen-bond donors (Lipinski definition) is 3. The van der Waals surface area contributed by atoms with E-state index in [1.54, 1.807) is 6.07 Å². The van der Waals surface area contributed by atoms with Gasteiger partial charge >= 0.3 is 6.15 Å². The lowest BCUT2D eigenvalue weighted by atomic mass is 10.0. The summed E-state index contributed by atoms with van der Waals surface area (Å²) in [7, 11) is 0. The molecule has 1 aromatic carbocycles. The Hall–Kier alpha value is -2.96. The number of aliphatic imine (C=N–C) groups is 1. The van der Waals surface area contributed by atoms with E-state index >= 15 is 0 Å². The van der Waals surface area contributed by atoms with Crippen molar-refractivity contribution in [2.75, 3.05) is 13.1 Å². The second-order valence-corrected chi connectivity index (χ2v) is 5.39. The quantitative estimate of drug-likeness (QED) is 0.538. The highest BCUT2D eigenvalue weighted by Crippen LogP contribution is 2.28. The van der Waals surface area contributed by atoms with Gasteiger partial charge in [-0.2, -0.15) is 14.6 Å². The molecule has 8 nitrogen and oxygen atoms in total. The van der Waals surface area contributed by atoms with Gasteiger partial charge in [0.2, 0.25) is 0 Å². The van der Waals surface area contributed by atoms with Gasteiger partial charge < -0.3 is 16.5 Å². The molecule has 0 aliphatic carbocycles. The summed E-state index contributed by atoms with van der Waals surface area (Å²) in [6.07, 6.45) is 1.26. The Morgan fingerprint density at radius 3 is 2.71 bits per heavy atom. The summed E-state index contributed by atoms with van der Waals surface area (Å²) in [5.41, 5.74) is 14.5. The first-order valence-corrected chi connectivity index (χ1v) is 7.49. The molecule has 24 heavy (non-hydrogen) atoms. The number of benzene rings is 1. The summed E-state index contributed by atoms with van der Waals surface area (Å²) in [6, 6.07) is 5.56. The Balaban J connectivity index is 0.000000647. The van der Waals surface area contributed by atoms with Crippen LogP contribution in [0.25, 0.3) is 10.9 Å². The molecule has 0 unspecified atom stereocenters. The van der Waals surface area contributed by atoms with Crippen LogP contribution in [0.15, 0.2) is 23.2 Å². The monoisotopic (exact) mass is 329 g/mol. The van der Waals surface area contributed by atoms with Gasteiger partial charge in [-0.25, -0.2) is 0 Å². The molecule has 1 aliphatic rings. The van der Waals surface area contributed by atoms with Gasteiger partial charge in [0.1, 0.15) is 0 Å². The van der Waals surface area contributed by atoms with Gasteiger partial charge in [-0.15, -0.1) is 0 Å². The van der Waals surface area contributed by atoms with Crippen LogP contribution >= 0.6 is 0 Å². The summed E-state index contributed by atoms with van der Waals surface area (Å²) >= 11 is 0. The first-order valence-electron chi connectivity index (χ1n) is 7.49. The molecule has 0 atom stereocenters. The number of aromatic nitrogens is 1. The van der Waals surface area contributed by atoms with Crippen LogP contribution in [0.2, 0.25) is 0 Å². The van der Waals surface area contributed by atoms with Gasteiger partial charge in [-0.3, -0.25) is 9.69 Å². The Bertz CT molecular complexity index is 814. The maximum Gasteiger partial charge on any atom is 0.373 e. The molecule has 8 heteroatoms. The van der Waals surface area contributed by atoms with E-state index in [4.69, 9.17) is 21.1 Å². The summed E-state index contributed by atoms with van der Waals surface area (Å²) in [6.45, 7) is 5.24. The number of likely N-dealkylation sites (N-methyl/N-ethyl adjacent to an activating group) is 1. The van der Waals surface area contributed by atoms with Gasteiger partial charge in [-0.05, 0) is 24.2 Å². The third-order valence-corrected chi connectivity index (χ3v) is 3.98. The fraction of sp³-hybridized carbons (Fsp3) is 0.312. The highest BCUT2D eigenvalue weighted by molar-refractivity contribution is 6.04. The molecule has 0 bridgehead atoms. The van der Waals surface area contributed by atoms with Crippen molar-refractivity contribution in [1.29, 1.82) is 0 Å². The fourth-order valence-electron chi connectivity index (χ4n) is 2.86. The zero-order chi connectivity index (χ0) is 17.7. The van der Waals surface area contributed by atoms with E-state index in [9.17, 15) is 4.79 Å². The molecule has 0 radical (unpaired) electrons. The Kier molecular flexibility index (Phi) is 5.47. The smallest absolute Gasteiger partial charge is 0.370 e. The summed E-state index contributed by atoms with van der Waals surface area (Å²) in [4.78, 5) is 37.5. The van der Waals surface area contributed by atoms with E-state index < -0.39 is 5.91 Å². The number of guanidine groups is 1. The van der Waals surface area contributed by atoms with Gasteiger partial charge in [0.25, 0.3) is 5.91 Å². The molecule has 2 aromatic rings. The van der Waals surface area contributed by atoms with Gasteiger partial charge in [0.05, 0.1) is 0 Å². The third-order valence-electron chi connectivity index (χ3n) is 3.98. The van der Waals surface area contributed by atoms with Crippen LogP contribution in [0, 0.1) is 0 Å². The molecule has 5 N–H and O–H groups in total. The van der Waals surface area contributed by atoms with Crippen molar-refractivity contribution in [2.24, 2.45) is 16.5 Å². The van der Waals surface area contributed by atoms with Gasteiger partial charge in [0.15, 0.2) is 5.96 Å². The van der Waals surface area contributed by atoms with Gasteiger partial charge in [0, 0.05) is 41.7 Å². The fourth-order valence-corrected chi connectivity index (χ4v) is 2.86. The van der Waals surface area contributed by atoms with E-state index in [1.165, 1.54) is 16.6 Å². The highest BCUT2D eigenvalue weighted by Gasteiger charge is 2.20. The van der Waals surface area contributed by atoms with Crippen molar-refractivity contribution in [1.82, 2.24) is 9.88 Å². The lowest BCUT2D eigenvalue weighted by Crippen LogP contribution is -2.29. The average molecular weight is 329 g/mol. The van der Waals surface area contributed by atoms with Crippen molar-refractivity contribution in [3.8, 4) is 0 Å². The number of amides is 1. The summed E-state index contributed by atoms with van der Waals surface area (Å²) < 4.78 is 0. The molecule has 3 rings (SSSR count). The van der Waals surface area contributed by atoms with Crippen LogP contribution in [-0.4, -0.2) is 41.0 Å². The maximum absolute atomic E-state index is 11.9. The Labute approximate surface area is 138 Å². The molecule has 0 fully saturated rings. The van der Waals surface area contributed by atoms with Crippen LogP contribution in [0.1, 0.15) is 28.5 Å². The van der Waals surface area contributed by atoms with E-state index in [1.807, 2.05) is 12.1 Å². The number of fused-ring (bicyclic) bond motifs is 3. The SMILES string of the molecule is CCN1CCc2[nH]c3cc(C(=O)N=C(N)N)ccc3c2C1.O=C=O. The number of nitrogens with two attached hydrogens (primary N) is 2. The van der Waals surface area contributed by atoms with E-state index in [2.05, 4.69) is 21.8 Å². The largest absolute Gasteiger partial charge is 0.373 e. The molecule has 2 heterocycles. The maximum atomic E-state index is 11.9. The lowest BCUT2D eigenvalue weighted by Gasteiger charge is -2.25. The molecular weight excluding hydrogens is 310 g/mol. The Morgan fingerprint density at radius 2 is 2.08 bits per heavy atom. The number of carbonyl (C=O) groups excluding carboxylic acids is 3. The first-order chi connectivity index (χ1) is 11.5. The number of rotatable bonds is 2. The van der Waals surface area contributed by atoms with Crippen molar-refractivity contribution in [3.63, 3.8) is 0 Å². The molecule has 1 aromatic heterocycles. The lowest BCUT2D eigenvalue weighted by molar-refractivity contribution is -0.191. The topological polar surface area (TPSA) is 135 Å². The summed E-state index contributed by atoms with van der Waals surface area (Å²) in [5.74, 6) is -0.635. The molecular formula is C16H19N5O3. The Morgan fingerprint density at radius 1 is 1.38 bits per heavy atom. The van der Waals surface area contributed by atoms with Crippen LogP contribution in [0.4, 0.5) is 0 Å². The minimum absolute atomic E-state index is 0.218. The number of nitrogens with zero attached hydrogens (tertiary/aromatic N) is 2. The van der Waals surface area contributed by atoms with Crippen LogP contribution < -0.4 is 11.5 Å². The van der Waals surface area contributed by atoms with Crippen molar-refractivity contribution in [3.05, 3.63) is 35.0 Å². The number of aromatic amines is 1. The van der Waals surface area contributed by atoms with Gasteiger partial charge in [-0.1, -0.05) is 13.0 Å². The van der Waals surface area contributed by atoms with Crippen molar-refractivity contribution >= 4 is 28.9 Å². The molecule has 0 spiro atoms. The normalized spacial score (nSPS) is 13.4. The van der Waals surface area contributed by atoms with E-state index in [-0.39, 0.29) is 12.1 Å². The minimum Gasteiger partial charge on any atom is -0.370 e. The van der Waals surface area contributed by atoms with Crippen molar-refractivity contribution < 1.29 is 14.4 Å². The third kappa shape index (κ3) is 3.68. The first kappa shape index (κ1) is 17.4. The molecule has 0 saturated heterocycles. The second kappa shape index (κ2) is 7.54. The highest BCUT2D eigenvalue weighted by atomic mass is 16.2. The number of nitrogens with one attached hydrogen (secondary N) is 1. The summed E-state index contributed by atoms with van der Waals surface area (Å²) in [5, 5.41) is 1.17. The number of carbonyl (C=O) groups is 1. The zero-order valence-electron chi connectivity index (χ0n) is 13.3. The molecule has 126 valence electrons. The minimum atomic E-state index is -0.417. The standard InChI is InChI=1S/C15H19N5O.CO2/c1-2-20-6-5-12-11(8-20)10-4-3-9(7-13(10)18-12)14(21)19-15(16)17;2-1-3/h3-4,7,18H,2,5-6,8H2,1H3,(H4,16,17,19,21);. The molecule has 1 aliphatic heterocycles. The zero-order valence-corrected chi connectivity index (χ0v) is 13.3. The number of hydrogen-bond acceptors (Lipinski definition) is 4. The van der Waals surface area contributed by atoms with Crippen molar-refractivity contribution in [2.45, 2.75) is 19.9 Å². The second-order valence-electron chi connectivity index (χ2n) is 5.39. The van der Waals surface area contributed by atoms with Crippen LogP contribution in [0.5, 0.6) is 0 Å². The predicted molar refractivity (Wildman–Crippen MR) is 88.1 cm³/mol. The van der Waals surface area contributed by atoms with E-state index in [0.717, 1.165) is 31.6 Å². The predicted octanol–water partition coefficient (Wildman–Crippen LogP) is 0.376. The average Bonchev–Trinajstić information content (AvgIpc) is 2.91. The molecule has 0 saturated carbocycles. The van der Waals surface area contributed by atoms with Crippen LogP contribution in [-0.2, 0) is 22.6 Å². The molecule has 1 amide bonds. The van der Waals surface area contributed by atoms with E-state index in [0.29, 0.717) is 5.56 Å². The number of H-pyrrole nitrogens is 1. The van der Waals surface area contributed by atoms with Crippen LogP contribution in [0.3, 0.4) is 0 Å².